The standard InChI is InChI=1S/C16H21FN4O/c1-16(2,3)14(15(18)22)19-8-11-9-20-21(10-11)13-6-4-12(17)5-7-13/h4-7,9-10,14,19H,8H2,1-3H3,(H2,18,22). The van der Waals surface area contributed by atoms with Gasteiger partial charge < -0.3 is 11.1 Å². The van der Waals surface area contributed by atoms with Crippen LogP contribution in [0.2, 0.25) is 0 Å². The molecule has 0 bridgehead atoms. The van der Waals surface area contributed by atoms with Crippen LogP contribution in [0.25, 0.3) is 5.69 Å². The van der Waals surface area contributed by atoms with Crippen molar-refractivity contribution in [1.82, 2.24) is 15.1 Å². The Bertz CT molecular complexity index is 643. The number of aromatic nitrogens is 2. The Labute approximate surface area is 129 Å². The molecule has 2 aromatic rings. The molecule has 0 aliphatic rings. The summed E-state index contributed by atoms with van der Waals surface area (Å²) in [7, 11) is 0. The van der Waals surface area contributed by atoms with Gasteiger partial charge in [-0.3, -0.25) is 4.79 Å². The van der Waals surface area contributed by atoms with Gasteiger partial charge in [-0.2, -0.15) is 5.10 Å². The molecular formula is C16H21FN4O. The lowest BCUT2D eigenvalue weighted by Crippen LogP contribution is -2.49. The quantitative estimate of drug-likeness (QED) is 0.887. The molecule has 118 valence electrons. The Morgan fingerprint density at radius 2 is 2.00 bits per heavy atom. The fourth-order valence-corrected chi connectivity index (χ4v) is 2.24. The van der Waals surface area contributed by atoms with Gasteiger partial charge in [0, 0.05) is 18.3 Å². The van der Waals surface area contributed by atoms with E-state index in [4.69, 9.17) is 5.73 Å². The van der Waals surface area contributed by atoms with Crippen molar-refractivity contribution >= 4 is 5.91 Å². The Morgan fingerprint density at radius 3 is 2.55 bits per heavy atom. The van der Waals surface area contributed by atoms with Crippen molar-refractivity contribution in [2.24, 2.45) is 11.1 Å². The molecule has 0 spiro atoms. The second-order valence-electron chi connectivity index (χ2n) is 6.35. The third-order valence-corrected chi connectivity index (χ3v) is 3.39. The lowest BCUT2D eigenvalue weighted by Gasteiger charge is -2.28. The van der Waals surface area contributed by atoms with E-state index in [-0.39, 0.29) is 17.1 Å². The van der Waals surface area contributed by atoms with Crippen LogP contribution < -0.4 is 11.1 Å². The molecule has 3 N–H and O–H groups in total. The Kier molecular flexibility index (Phi) is 4.61. The van der Waals surface area contributed by atoms with Crippen LogP contribution in [0.5, 0.6) is 0 Å². The van der Waals surface area contributed by atoms with Crippen molar-refractivity contribution in [2.45, 2.75) is 33.4 Å². The van der Waals surface area contributed by atoms with E-state index in [9.17, 15) is 9.18 Å². The highest BCUT2D eigenvalue weighted by Crippen LogP contribution is 2.19. The van der Waals surface area contributed by atoms with Gasteiger partial charge in [-0.15, -0.1) is 0 Å². The molecule has 1 aromatic carbocycles. The summed E-state index contributed by atoms with van der Waals surface area (Å²) < 4.78 is 14.6. The maximum atomic E-state index is 12.9. The molecule has 1 atom stereocenters. The Morgan fingerprint density at radius 1 is 1.36 bits per heavy atom. The average Bonchev–Trinajstić information content (AvgIpc) is 2.86. The minimum atomic E-state index is -0.429. The van der Waals surface area contributed by atoms with E-state index in [1.807, 2.05) is 27.0 Å². The van der Waals surface area contributed by atoms with Gasteiger partial charge in [-0.25, -0.2) is 9.07 Å². The first-order valence-electron chi connectivity index (χ1n) is 7.09. The number of nitrogens with zero attached hydrogens (tertiary/aromatic N) is 2. The monoisotopic (exact) mass is 304 g/mol. The highest BCUT2D eigenvalue weighted by molar-refractivity contribution is 5.80. The number of halogens is 1. The molecule has 1 aromatic heterocycles. The number of carbonyl (C=O) groups is 1. The molecule has 22 heavy (non-hydrogen) atoms. The number of hydrogen-bond acceptors (Lipinski definition) is 3. The van der Waals surface area contributed by atoms with Gasteiger partial charge in [0.25, 0.3) is 0 Å². The van der Waals surface area contributed by atoms with E-state index in [0.717, 1.165) is 11.3 Å². The van der Waals surface area contributed by atoms with Crippen molar-refractivity contribution in [3.63, 3.8) is 0 Å². The zero-order valence-corrected chi connectivity index (χ0v) is 13.0. The number of hydrogen-bond donors (Lipinski definition) is 2. The summed E-state index contributed by atoms with van der Waals surface area (Å²) in [4.78, 5) is 11.5. The number of primary amides is 1. The van der Waals surface area contributed by atoms with Gasteiger partial charge in [0.2, 0.25) is 5.91 Å². The number of nitrogens with one attached hydrogen (secondary N) is 1. The Balaban J connectivity index is 2.06. The summed E-state index contributed by atoms with van der Waals surface area (Å²) in [5.41, 5.74) is 6.86. The number of rotatable bonds is 5. The fraction of sp³-hybridized carbons (Fsp3) is 0.375. The smallest absolute Gasteiger partial charge is 0.235 e. The zero-order valence-electron chi connectivity index (χ0n) is 13.0. The number of nitrogens with two attached hydrogens (primary N) is 1. The fourth-order valence-electron chi connectivity index (χ4n) is 2.24. The molecule has 1 amide bonds. The second kappa shape index (κ2) is 6.27. The lowest BCUT2D eigenvalue weighted by molar-refractivity contribution is -0.122. The van der Waals surface area contributed by atoms with Crippen molar-refractivity contribution in [3.8, 4) is 5.69 Å². The predicted molar refractivity (Wildman–Crippen MR) is 82.8 cm³/mol. The van der Waals surface area contributed by atoms with Gasteiger partial charge in [-0.1, -0.05) is 20.8 Å². The number of benzene rings is 1. The topological polar surface area (TPSA) is 72.9 Å². The van der Waals surface area contributed by atoms with Crippen LogP contribution >= 0.6 is 0 Å². The first-order valence-corrected chi connectivity index (χ1v) is 7.09. The minimum absolute atomic E-state index is 0.265. The maximum absolute atomic E-state index is 12.9. The highest BCUT2D eigenvalue weighted by Gasteiger charge is 2.28. The highest BCUT2D eigenvalue weighted by atomic mass is 19.1. The van der Waals surface area contributed by atoms with Crippen LogP contribution in [0.1, 0.15) is 26.3 Å². The third kappa shape index (κ3) is 3.92. The normalized spacial score (nSPS) is 13.1. The number of carbonyl (C=O) groups excluding carboxylic acids is 1. The summed E-state index contributed by atoms with van der Waals surface area (Å²) >= 11 is 0. The molecule has 0 aliphatic heterocycles. The van der Waals surface area contributed by atoms with Crippen molar-refractivity contribution < 1.29 is 9.18 Å². The number of amides is 1. The first kappa shape index (κ1) is 16.2. The van der Waals surface area contributed by atoms with Crippen LogP contribution in [0.3, 0.4) is 0 Å². The largest absolute Gasteiger partial charge is 0.368 e. The van der Waals surface area contributed by atoms with Crippen LogP contribution in [0.4, 0.5) is 4.39 Å². The van der Waals surface area contributed by atoms with Crippen LogP contribution in [-0.2, 0) is 11.3 Å². The van der Waals surface area contributed by atoms with Gasteiger partial charge in [0.15, 0.2) is 0 Å². The van der Waals surface area contributed by atoms with Gasteiger partial charge in [0.05, 0.1) is 17.9 Å². The lowest BCUT2D eigenvalue weighted by atomic mass is 9.86. The van der Waals surface area contributed by atoms with Gasteiger partial charge in [-0.05, 0) is 29.7 Å². The van der Waals surface area contributed by atoms with E-state index in [2.05, 4.69) is 10.4 Å². The molecule has 1 heterocycles. The summed E-state index contributed by atoms with van der Waals surface area (Å²) in [6.07, 6.45) is 3.54. The van der Waals surface area contributed by atoms with Gasteiger partial charge in [0.1, 0.15) is 5.82 Å². The molecule has 6 heteroatoms. The molecular weight excluding hydrogens is 283 g/mol. The molecule has 5 nitrogen and oxygen atoms in total. The summed E-state index contributed by atoms with van der Waals surface area (Å²) in [6.45, 7) is 6.35. The van der Waals surface area contributed by atoms with Crippen LogP contribution in [-0.4, -0.2) is 21.7 Å². The van der Waals surface area contributed by atoms with Crippen LogP contribution in [0.15, 0.2) is 36.7 Å². The second-order valence-corrected chi connectivity index (χ2v) is 6.35. The predicted octanol–water partition coefficient (Wildman–Crippen LogP) is 2.00. The van der Waals surface area contributed by atoms with E-state index >= 15 is 0 Å². The van der Waals surface area contributed by atoms with Crippen LogP contribution in [0, 0.1) is 11.2 Å². The SMILES string of the molecule is CC(C)(C)C(NCc1cnn(-c2ccc(F)cc2)c1)C(N)=O. The van der Waals surface area contributed by atoms with Crippen molar-refractivity contribution in [2.75, 3.05) is 0 Å². The van der Waals surface area contributed by atoms with E-state index < -0.39 is 6.04 Å². The maximum Gasteiger partial charge on any atom is 0.235 e. The summed E-state index contributed by atoms with van der Waals surface area (Å²) in [5.74, 6) is -0.661. The molecule has 2 rings (SSSR count). The third-order valence-electron chi connectivity index (χ3n) is 3.39. The molecule has 1 unspecified atom stereocenters. The summed E-state index contributed by atoms with van der Waals surface area (Å²) in [5, 5.41) is 7.40. The van der Waals surface area contributed by atoms with E-state index in [0.29, 0.717) is 6.54 Å². The molecule has 0 aliphatic carbocycles. The molecule has 0 radical (unpaired) electrons. The van der Waals surface area contributed by atoms with E-state index in [1.54, 1.807) is 23.0 Å². The molecule has 0 fully saturated rings. The first-order chi connectivity index (χ1) is 10.3. The summed E-state index contributed by atoms with van der Waals surface area (Å²) in [6, 6.07) is 5.65. The van der Waals surface area contributed by atoms with Crippen molar-refractivity contribution in [3.05, 3.63) is 48.0 Å². The van der Waals surface area contributed by atoms with Gasteiger partial charge >= 0.3 is 0 Å². The Hall–Kier alpha value is -2.21. The minimum Gasteiger partial charge on any atom is -0.368 e. The van der Waals surface area contributed by atoms with E-state index in [1.165, 1.54) is 12.1 Å². The zero-order chi connectivity index (χ0) is 16.3. The van der Waals surface area contributed by atoms with Crippen molar-refractivity contribution in [1.29, 1.82) is 0 Å². The average molecular weight is 304 g/mol. The molecule has 0 saturated heterocycles. The molecule has 0 saturated carbocycles.